The molecule has 6 heteroatoms. The average Bonchev–Trinajstić information content (AvgIpc) is 2.02. The van der Waals surface area contributed by atoms with Gasteiger partial charge in [0.15, 0.2) is 6.29 Å². The van der Waals surface area contributed by atoms with Gasteiger partial charge in [0.1, 0.15) is 5.82 Å². The molecule has 0 N–H and O–H groups in total. The van der Waals surface area contributed by atoms with E-state index in [1.54, 1.807) is 0 Å². The maximum atomic E-state index is 13.0. The predicted molar refractivity (Wildman–Crippen MR) is 41.8 cm³/mol. The van der Waals surface area contributed by atoms with E-state index in [9.17, 15) is 22.4 Å². The third kappa shape index (κ3) is 1.87. The van der Waals surface area contributed by atoms with E-state index in [4.69, 9.17) is 11.6 Å². The van der Waals surface area contributed by atoms with Gasteiger partial charge in [0.2, 0.25) is 0 Å². The van der Waals surface area contributed by atoms with Crippen molar-refractivity contribution in [3.63, 3.8) is 0 Å². The number of hydrogen-bond donors (Lipinski definition) is 0. The zero-order chi connectivity index (χ0) is 10.9. The van der Waals surface area contributed by atoms with E-state index in [2.05, 4.69) is 0 Å². The molecule has 0 aromatic heterocycles. The van der Waals surface area contributed by atoms with Crippen LogP contribution in [0.1, 0.15) is 15.9 Å². The molecule has 0 amide bonds. The molecule has 0 spiro atoms. The monoisotopic (exact) mass is 226 g/mol. The lowest BCUT2D eigenvalue weighted by Gasteiger charge is -2.09. The van der Waals surface area contributed by atoms with Crippen LogP contribution >= 0.6 is 11.6 Å². The average molecular weight is 227 g/mol. The summed E-state index contributed by atoms with van der Waals surface area (Å²) in [7, 11) is 0. The van der Waals surface area contributed by atoms with Gasteiger partial charge >= 0.3 is 6.18 Å². The third-order valence-corrected chi connectivity index (χ3v) is 1.88. The van der Waals surface area contributed by atoms with Crippen molar-refractivity contribution >= 4 is 17.9 Å². The first-order valence-corrected chi connectivity index (χ1v) is 3.76. The SMILES string of the molecule is O=Cc1c(Cl)ccc(C(F)(F)F)c1F. The minimum atomic E-state index is -4.83. The molecule has 14 heavy (non-hydrogen) atoms. The quantitative estimate of drug-likeness (QED) is 0.530. The second kappa shape index (κ2) is 3.57. The zero-order valence-corrected chi connectivity index (χ0v) is 7.29. The Morgan fingerprint density at radius 1 is 1.29 bits per heavy atom. The summed E-state index contributed by atoms with van der Waals surface area (Å²) in [5.41, 5.74) is -2.27. The largest absolute Gasteiger partial charge is 0.419 e. The summed E-state index contributed by atoms with van der Waals surface area (Å²) >= 11 is 5.31. The van der Waals surface area contributed by atoms with Crippen molar-refractivity contribution in [3.8, 4) is 0 Å². The van der Waals surface area contributed by atoms with Gasteiger partial charge in [0.05, 0.1) is 16.1 Å². The van der Waals surface area contributed by atoms with Crippen molar-refractivity contribution in [2.75, 3.05) is 0 Å². The van der Waals surface area contributed by atoms with E-state index in [0.29, 0.717) is 6.07 Å². The molecule has 1 aromatic carbocycles. The van der Waals surface area contributed by atoms with Gasteiger partial charge in [0.25, 0.3) is 0 Å². The molecule has 0 saturated carbocycles. The highest BCUT2D eigenvalue weighted by atomic mass is 35.5. The van der Waals surface area contributed by atoms with Gasteiger partial charge in [0, 0.05) is 0 Å². The van der Waals surface area contributed by atoms with Gasteiger partial charge in [-0.05, 0) is 12.1 Å². The van der Waals surface area contributed by atoms with Crippen molar-refractivity contribution in [1.29, 1.82) is 0 Å². The Kier molecular flexibility index (Phi) is 2.80. The van der Waals surface area contributed by atoms with E-state index in [1.807, 2.05) is 0 Å². The number of alkyl halides is 3. The number of aldehydes is 1. The van der Waals surface area contributed by atoms with Crippen molar-refractivity contribution in [3.05, 3.63) is 34.1 Å². The van der Waals surface area contributed by atoms with E-state index < -0.39 is 23.1 Å². The number of carbonyl (C=O) groups excluding carboxylic acids is 1. The van der Waals surface area contributed by atoms with Gasteiger partial charge in [-0.15, -0.1) is 0 Å². The Morgan fingerprint density at radius 2 is 1.86 bits per heavy atom. The van der Waals surface area contributed by atoms with Gasteiger partial charge in [-0.25, -0.2) is 4.39 Å². The lowest BCUT2D eigenvalue weighted by Crippen LogP contribution is -2.10. The molecule has 1 nitrogen and oxygen atoms in total. The van der Waals surface area contributed by atoms with Crippen LogP contribution < -0.4 is 0 Å². The van der Waals surface area contributed by atoms with Crippen LogP contribution in [0.5, 0.6) is 0 Å². The number of benzene rings is 1. The van der Waals surface area contributed by atoms with E-state index in [-0.39, 0.29) is 11.3 Å². The highest BCUT2D eigenvalue weighted by Gasteiger charge is 2.35. The van der Waals surface area contributed by atoms with Crippen LogP contribution in [0.3, 0.4) is 0 Å². The highest BCUT2D eigenvalue weighted by molar-refractivity contribution is 6.33. The topological polar surface area (TPSA) is 17.1 Å². The van der Waals surface area contributed by atoms with Crippen LogP contribution in [-0.4, -0.2) is 6.29 Å². The van der Waals surface area contributed by atoms with Crippen molar-refractivity contribution in [2.24, 2.45) is 0 Å². The molecule has 0 heterocycles. The molecule has 0 unspecified atom stereocenters. The molecule has 1 aromatic rings. The standard InChI is InChI=1S/C8H3ClF4O/c9-6-2-1-5(8(11,12)13)7(10)4(6)3-14/h1-3H. The molecular weight excluding hydrogens is 224 g/mol. The number of rotatable bonds is 1. The molecule has 76 valence electrons. The lowest BCUT2D eigenvalue weighted by atomic mass is 10.1. The molecule has 0 atom stereocenters. The summed E-state index contributed by atoms with van der Waals surface area (Å²) in [6.45, 7) is 0. The fourth-order valence-corrected chi connectivity index (χ4v) is 1.09. The molecule has 0 fully saturated rings. The first-order chi connectivity index (χ1) is 6.38. The minimum absolute atomic E-state index is 0.0487. The molecule has 0 aliphatic rings. The molecule has 0 radical (unpaired) electrons. The highest BCUT2D eigenvalue weighted by Crippen LogP contribution is 2.34. The third-order valence-electron chi connectivity index (χ3n) is 1.55. The summed E-state index contributed by atoms with van der Waals surface area (Å²) < 4.78 is 49.3. The summed E-state index contributed by atoms with van der Waals surface area (Å²) in [6, 6.07) is 1.32. The van der Waals surface area contributed by atoms with Crippen molar-refractivity contribution < 1.29 is 22.4 Å². The Labute approximate surface area is 81.3 Å². The number of carbonyl (C=O) groups is 1. The summed E-state index contributed by atoms with van der Waals surface area (Å²) in [6.07, 6.45) is -4.88. The Hall–Kier alpha value is -1.10. The lowest BCUT2D eigenvalue weighted by molar-refractivity contribution is -0.140. The number of halogens is 5. The zero-order valence-electron chi connectivity index (χ0n) is 6.53. The summed E-state index contributed by atoms with van der Waals surface area (Å²) in [5, 5.41) is -0.342. The fraction of sp³-hybridized carbons (Fsp3) is 0.125. The number of hydrogen-bond acceptors (Lipinski definition) is 1. The van der Waals surface area contributed by atoms with Gasteiger partial charge in [-0.1, -0.05) is 11.6 Å². The van der Waals surface area contributed by atoms with Crippen LogP contribution in [0.25, 0.3) is 0 Å². The first kappa shape index (κ1) is 11.0. The van der Waals surface area contributed by atoms with E-state index in [1.165, 1.54) is 0 Å². The van der Waals surface area contributed by atoms with Crippen LogP contribution in [0.2, 0.25) is 5.02 Å². The fourth-order valence-electron chi connectivity index (χ4n) is 0.896. The second-order valence-electron chi connectivity index (χ2n) is 2.44. The smallest absolute Gasteiger partial charge is 0.298 e. The van der Waals surface area contributed by atoms with Crippen LogP contribution in [0.15, 0.2) is 12.1 Å². The maximum absolute atomic E-state index is 13.0. The van der Waals surface area contributed by atoms with E-state index >= 15 is 0 Å². The van der Waals surface area contributed by atoms with E-state index in [0.717, 1.165) is 6.07 Å². The van der Waals surface area contributed by atoms with Gasteiger partial charge in [-0.3, -0.25) is 4.79 Å². The molecule has 0 aliphatic carbocycles. The molecule has 0 bridgehead atoms. The van der Waals surface area contributed by atoms with Crippen LogP contribution in [-0.2, 0) is 6.18 Å². The van der Waals surface area contributed by atoms with Crippen LogP contribution in [0, 0.1) is 5.82 Å². The second-order valence-corrected chi connectivity index (χ2v) is 2.85. The minimum Gasteiger partial charge on any atom is -0.298 e. The Balaban J connectivity index is 3.43. The van der Waals surface area contributed by atoms with Gasteiger partial charge < -0.3 is 0 Å². The van der Waals surface area contributed by atoms with Crippen LogP contribution in [0.4, 0.5) is 17.6 Å². The molecule has 0 saturated heterocycles. The van der Waals surface area contributed by atoms with Crippen molar-refractivity contribution in [2.45, 2.75) is 6.18 Å². The predicted octanol–water partition coefficient (Wildman–Crippen LogP) is 3.31. The molecular formula is C8H3ClF4O. The Morgan fingerprint density at radius 3 is 2.29 bits per heavy atom. The first-order valence-electron chi connectivity index (χ1n) is 3.38. The van der Waals surface area contributed by atoms with Crippen molar-refractivity contribution in [1.82, 2.24) is 0 Å². The summed E-state index contributed by atoms with van der Waals surface area (Å²) in [4.78, 5) is 10.2. The normalized spacial score (nSPS) is 11.5. The molecule has 0 aliphatic heterocycles. The summed E-state index contributed by atoms with van der Waals surface area (Å²) in [5.74, 6) is -1.64. The Bertz CT molecular complexity index is 372. The van der Waals surface area contributed by atoms with Gasteiger partial charge in [-0.2, -0.15) is 13.2 Å². The maximum Gasteiger partial charge on any atom is 0.419 e. The molecule has 1 rings (SSSR count).